The van der Waals surface area contributed by atoms with Gasteiger partial charge in [-0.3, -0.25) is 9.36 Å². The highest BCUT2D eigenvalue weighted by molar-refractivity contribution is 7.07. The zero-order chi connectivity index (χ0) is 24.2. The molecule has 0 saturated heterocycles. The lowest BCUT2D eigenvalue weighted by molar-refractivity contribution is -0.138. The molecule has 7 nitrogen and oxygen atoms in total. The summed E-state index contributed by atoms with van der Waals surface area (Å²) in [5, 5.41) is 0. The average Bonchev–Trinajstić information content (AvgIpc) is 3.16. The molecule has 3 aromatic rings. The summed E-state index contributed by atoms with van der Waals surface area (Å²) in [7, 11) is 3.11. The third-order valence-corrected chi connectivity index (χ3v) is 6.39. The predicted octanol–water partition coefficient (Wildman–Crippen LogP) is 2.98. The van der Waals surface area contributed by atoms with Crippen molar-refractivity contribution in [2.45, 2.75) is 13.0 Å². The van der Waals surface area contributed by atoms with Gasteiger partial charge in [-0.25, -0.2) is 9.79 Å². The SMILES string of the molecule is C=CCOC(=O)C1=C(C)N=c2s/c(=C\c3cccc(OC)c3OC)c(=O)n2[C@@H]1c1ccccc1. The van der Waals surface area contributed by atoms with E-state index in [-0.39, 0.29) is 12.2 Å². The summed E-state index contributed by atoms with van der Waals surface area (Å²) in [6.07, 6.45) is 3.25. The summed E-state index contributed by atoms with van der Waals surface area (Å²) < 4.78 is 18.2. The minimum absolute atomic E-state index is 0.0666. The molecule has 0 spiro atoms. The van der Waals surface area contributed by atoms with Crippen LogP contribution < -0.4 is 24.4 Å². The van der Waals surface area contributed by atoms with Crippen molar-refractivity contribution in [2.75, 3.05) is 20.8 Å². The smallest absolute Gasteiger partial charge is 0.338 e. The molecule has 0 unspecified atom stereocenters. The Hall–Kier alpha value is -3.91. The predicted molar refractivity (Wildman–Crippen MR) is 131 cm³/mol. The van der Waals surface area contributed by atoms with Crippen LogP contribution in [0.5, 0.6) is 11.5 Å². The van der Waals surface area contributed by atoms with E-state index in [9.17, 15) is 9.59 Å². The van der Waals surface area contributed by atoms with Gasteiger partial charge in [0.1, 0.15) is 6.61 Å². The van der Waals surface area contributed by atoms with Gasteiger partial charge >= 0.3 is 5.97 Å². The molecule has 1 aliphatic rings. The van der Waals surface area contributed by atoms with E-state index < -0.39 is 12.0 Å². The van der Waals surface area contributed by atoms with E-state index in [0.29, 0.717) is 37.7 Å². The van der Waals surface area contributed by atoms with Crippen molar-refractivity contribution in [3.05, 3.63) is 103 Å². The van der Waals surface area contributed by atoms with E-state index in [0.717, 1.165) is 5.56 Å². The van der Waals surface area contributed by atoms with Gasteiger partial charge in [-0.2, -0.15) is 0 Å². The number of aromatic nitrogens is 1. The van der Waals surface area contributed by atoms with Crippen molar-refractivity contribution >= 4 is 23.4 Å². The van der Waals surface area contributed by atoms with Gasteiger partial charge in [0.25, 0.3) is 5.56 Å². The molecular weight excluding hydrogens is 452 g/mol. The number of allylic oxidation sites excluding steroid dienone is 1. The first-order valence-corrected chi connectivity index (χ1v) is 11.4. The molecule has 0 amide bonds. The summed E-state index contributed by atoms with van der Waals surface area (Å²) in [5.74, 6) is 0.563. The van der Waals surface area contributed by atoms with E-state index in [1.54, 1.807) is 37.9 Å². The van der Waals surface area contributed by atoms with Crippen LogP contribution in [0.2, 0.25) is 0 Å². The molecule has 0 aliphatic carbocycles. The molecule has 34 heavy (non-hydrogen) atoms. The Morgan fingerprint density at radius 2 is 1.91 bits per heavy atom. The van der Waals surface area contributed by atoms with E-state index in [4.69, 9.17) is 14.2 Å². The number of rotatable bonds is 7. The van der Waals surface area contributed by atoms with Crippen LogP contribution in [0.3, 0.4) is 0 Å². The summed E-state index contributed by atoms with van der Waals surface area (Å²) in [6.45, 7) is 5.42. The largest absolute Gasteiger partial charge is 0.493 e. The maximum absolute atomic E-state index is 13.7. The van der Waals surface area contributed by atoms with Gasteiger partial charge in [-0.05, 0) is 24.6 Å². The normalized spacial score (nSPS) is 15.4. The first kappa shape index (κ1) is 23.3. The zero-order valence-corrected chi connectivity index (χ0v) is 19.9. The van der Waals surface area contributed by atoms with Crippen molar-refractivity contribution in [2.24, 2.45) is 4.99 Å². The highest BCUT2D eigenvalue weighted by atomic mass is 32.1. The molecule has 0 N–H and O–H groups in total. The standard InChI is InChI=1S/C26H24N2O5S/c1-5-14-33-25(30)21-16(2)27-26-28(22(21)17-10-7-6-8-11-17)24(29)20(34-26)15-18-12-9-13-19(31-3)23(18)32-4/h5-13,15,22H,1,14H2,2-4H3/b20-15-/t22-/m1/s1. The molecule has 174 valence electrons. The van der Waals surface area contributed by atoms with Crippen LogP contribution in [0.1, 0.15) is 24.1 Å². The van der Waals surface area contributed by atoms with Crippen LogP contribution in [0.4, 0.5) is 0 Å². The number of hydrogen-bond donors (Lipinski definition) is 0. The van der Waals surface area contributed by atoms with E-state index >= 15 is 0 Å². The number of esters is 1. The van der Waals surface area contributed by atoms with Crippen LogP contribution >= 0.6 is 11.3 Å². The molecule has 8 heteroatoms. The molecule has 0 saturated carbocycles. The number of nitrogens with zero attached hydrogens (tertiary/aromatic N) is 2. The van der Waals surface area contributed by atoms with Crippen LogP contribution in [-0.4, -0.2) is 31.4 Å². The number of carbonyl (C=O) groups is 1. The second kappa shape index (κ2) is 9.93. The molecule has 2 heterocycles. The number of fused-ring (bicyclic) bond motifs is 1. The van der Waals surface area contributed by atoms with Gasteiger partial charge in [-0.15, -0.1) is 0 Å². The number of para-hydroxylation sites is 1. The third-order valence-electron chi connectivity index (χ3n) is 5.41. The van der Waals surface area contributed by atoms with Gasteiger partial charge in [0, 0.05) is 5.56 Å². The second-order valence-corrected chi connectivity index (χ2v) is 8.47. The maximum Gasteiger partial charge on any atom is 0.338 e. The second-order valence-electron chi connectivity index (χ2n) is 7.46. The number of benzene rings is 2. The van der Waals surface area contributed by atoms with Crippen LogP contribution in [-0.2, 0) is 9.53 Å². The maximum atomic E-state index is 13.7. The van der Waals surface area contributed by atoms with Gasteiger partial charge < -0.3 is 14.2 Å². The molecule has 0 radical (unpaired) electrons. The highest BCUT2D eigenvalue weighted by Crippen LogP contribution is 2.32. The lowest BCUT2D eigenvalue weighted by atomic mass is 9.96. The topological polar surface area (TPSA) is 79.1 Å². The number of thiazole rings is 1. The number of carbonyl (C=O) groups excluding carboxylic acids is 1. The number of hydrogen-bond acceptors (Lipinski definition) is 7. The quantitative estimate of drug-likeness (QED) is 0.387. The van der Waals surface area contributed by atoms with Crippen molar-refractivity contribution in [1.82, 2.24) is 4.57 Å². The first-order chi connectivity index (χ1) is 16.5. The van der Waals surface area contributed by atoms with Crippen LogP contribution in [0, 0.1) is 0 Å². The van der Waals surface area contributed by atoms with Crippen molar-refractivity contribution in [1.29, 1.82) is 0 Å². The fraction of sp³-hybridized carbons (Fsp3) is 0.192. The molecule has 1 aliphatic heterocycles. The Morgan fingerprint density at radius 1 is 1.15 bits per heavy atom. The lowest BCUT2D eigenvalue weighted by Crippen LogP contribution is -2.39. The van der Waals surface area contributed by atoms with E-state index in [2.05, 4.69) is 11.6 Å². The summed E-state index contributed by atoms with van der Waals surface area (Å²) in [4.78, 5) is 31.7. The summed E-state index contributed by atoms with van der Waals surface area (Å²) >= 11 is 1.25. The van der Waals surface area contributed by atoms with Crippen LogP contribution in [0.15, 0.2) is 82.2 Å². The van der Waals surface area contributed by atoms with Gasteiger partial charge in [0.2, 0.25) is 0 Å². The minimum Gasteiger partial charge on any atom is -0.493 e. The van der Waals surface area contributed by atoms with Crippen molar-refractivity contribution in [3.63, 3.8) is 0 Å². The molecule has 1 aromatic heterocycles. The van der Waals surface area contributed by atoms with E-state index in [1.807, 2.05) is 42.5 Å². The van der Waals surface area contributed by atoms with E-state index in [1.165, 1.54) is 17.4 Å². The van der Waals surface area contributed by atoms with Crippen molar-refractivity contribution < 1.29 is 19.0 Å². The van der Waals surface area contributed by atoms with Crippen LogP contribution in [0.25, 0.3) is 6.08 Å². The zero-order valence-electron chi connectivity index (χ0n) is 19.1. The van der Waals surface area contributed by atoms with Gasteiger partial charge in [-0.1, -0.05) is 66.5 Å². The lowest BCUT2D eigenvalue weighted by Gasteiger charge is -2.24. The minimum atomic E-state index is -0.663. The summed E-state index contributed by atoms with van der Waals surface area (Å²) in [5.41, 5.74) is 2.06. The Labute approximate surface area is 200 Å². The Balaban J connectivity index is 1.94. The average molecular weight is 477 g/mol. The third kappa shape index (κ3) is 4.20. The highest BCUT2D eigenvalue weighted by Gasteiger charge is 2.33. The molecule has 0 fully saturated rings. The Bertz CT molecular complexity index is 1450. The monoisotopic (exact) mass is 476 g/mol. The summed E-state index contributed by atoms with van der Waals surface area (Å²) in [6, 6.07) is 14.2. The fourth-order valence-corrected chi connectivity index (χ4v) is 4.95. The molecule has 4 rings (SSSR count). The Kier molecular flexibility index (Phi) is 6.79. The Morgan fingerprint density at radius 3 is 2.59 bits per heavy atom. The van der Waals surface area contributed by atoms with Gasteiger partial charge in [0.05, 0.1) is 36.1 Å². The number of ether oxygens (including phenoxy) is 3. The molecule has 0 bridgehead atoms. The first-order valence-electron chi connectivity index (χ1n) is 10.6. The van der Waals surface area contributed by atoms with Gasteiger partial charge in [0.15, 0.2) is 16.3 Å². The number of methoxy groups -OCH3 is 2. The molecule has 2 aromatic carbocycles. The fourth-order valence-electron chi connectivity index (χ4n) is 3.91. The molecule has 1 atom stereocenters. The molecular formula is C26H24N2O5S. The van der Waals surface area contributed by atoms with Crippen molar-refractivity contribution in [3.8, 4) is 11.5 Å².